The van der Waals surface area contributed by atoms with Crippen LogP contribution in [0.15, 0.2) is 99.2 Å². The summed E-state index contributed by atoms with van der Waals surface area (Å²) in [5.41, 5.74) is 0. The quantitative estimate of drug-likeness (QED) is 0.0429. The van der Waals surface area contributed by atoms with Gasteiger partial charge in [-0.05, 0) is 235 Å². The van der Waals surface area contributed by atoms with Crippen molar-refractivity contribution in [3.8, 4) is 0 Å². The molecule has 0 aromatic heterocycles. The third kappa shape index (κ3) is 138. The maximum absolute atomic E-state index is 11.8. The van der Waals surface area contributed by atoms with Crippen molar-refractivity contribution in [3.63, 3.8) is 0 Å². The fourth-order valence-corrected chi connectivity index (χ4v) is 13.5. The van der Waals surface area contributed by atoms with Gasteiger partial charge in [-0.3, -0.25) is 38.4 Å². The predicted octanol–water partition coefficient (Wildman–Crippen LogP) is 35.3. The summed E-state index contributed by atoms with van der Waals surface area (Å²) in [6.45, 7) is 46.6. The molecular weight excluding hydrogens is 1680 g/mol. The molecule has 0 saturated heterocycles. The number of nitrogens with zero attached hydrogens (tertiary/aromatic N) is 8. The van der Waals surface area contributed by atoms with Gasteiger partial charge in [0.25, 0.3) is 0 Å². The minimum Gasteiger partial charge on any atom is -0.349 e. The van der Waals surface area contributed by atoms with Crippen molar-refractivity contribution < 1.29 is 38.4 Å². The average Bonchev–Trinajstić information content (AvgIpc) is 0.974. The molecule has 0 aliphatic carbocycles. The normalized spacial score (nSPS) is 9.91. The predicted molar refractivity (Wildman–Crippen MR) is 617 cm³/mol. The van der Waals surface area contributed by atoms with E-state index in [4.69, 9.17) is 0 Å². The van der Waals surface area contributed by atoms with Crippen LogP contribution in [0.3, 0.4) is 0 Å². The first kappa shape index (κ1) is 166. The van der Waals surface area contributed by atoms with E-state index in [-0.39, 0.29) is 83.0 Å². The van der Waals surface area contributed by atoms with Gasteiger partial charge in [0, 0.05) is 160 Å². The molecule has 0 aromatic rings. The second-order valence-corrected chi connectivity index (χ2v) is 34.6. The standard InChI is InChI=1S/C18H35NO.2C16H31NO.2C14H27NO.2C12H23NO.C10H19NO.8CH4/c1-4-7-8-9-10-11-12-13-14-15-16-17-18(20)19(5-2)6-3;1-4-5-6-7-8-9-10-11-12-13-14-15-16(18)17(2)3;1-4-7-8-9-10-11-12-13-14-15-16(18)17(5-2)6-3;1-4-5-6-7-8-9-10-11-12-13-14(16)15(2)3;1-4-7-8-9-10-11-12-13-14(16)15(5-2)6-3;1-4-5-6-7-8-9-10-11-12(14)13(2)3;1-4-7-8-9-10-11-12(14)13(5-2)6-3;1-4-5-6-7-8-9-10(12)11(2)3;;;;;;;;/h9-10H,4-8,11-17H2,1-3H3;2*7-8H,4-6,9-15H2,1-3H3;5-6H,4,7-13H2,1-3H3;4H,1,5-13H2,2-3H3;2*4H,1,5-11H2,2-3H3;4H,1,5-9H2,2-3H3;8*1H4/b10-9+;2*8-7+;6-5+;;;;;;;;;;;;. The van der Waals surface area contributed by atoms with Gasteiger partial charge in [0.1, 0.15) is 0 Å². The minimum absolute atomic E-state index is 0. The molecule has 136 heavy (non-hydrogen) atoms. The molecule has 0 radical (unpaired) electrons. The van der Waals surface area contributed by atoms with Crippen LogP contribution >= 0.6 is 0 Å². The fraction of sp³-hybridized carbons (Fsp3) is 0.800. The Morgan fingerprint density at radius 1 is 0.169 bits per heavy atom. The lowest BCUT2D eigenvalue weighted by molar-refractivity contribution is -0.131. The Morgan fingerprint density at radius 2 is 0.294 bits per heavy atom. The highest BCUT2D eigenvalue weighted by atomic mass is 16.2. The van der Waals surface area contributed by atoms with Gasteiger partial charge in [0.15, 0.2) is 0 Å². The lowest BCUT2D eigenvalue weighted by Crippen LogP contribution is -2.30. The van der Waals surface area contributed by atoms with Crippen LogP contribution < -0.4 is 0 Å². The largest absolute Gasteiger partial charge is 0.349 e. The van der Waals surface area contributed by atoms with E-state index < -0.39 is 0 Å². The number of allylic oxidation sites excluding steroid dienone is 12. The van der Waals surface area contributed by atoms with Crippen molar-refractivity contribution in [2.75, 3.05) is 109 Å². The Bertz CT molecular complexity index is 2560. The molecule has 0 aliphatic rings. The Kier molecular flexibility index (Phi) is 173. The molecule has 0 fully saturated rings. The third-order valence-electron chi connectivity index (χ3n) is 22.3. The van der Waals surface area contributed by atoms with E-state index in [0.29, 0.717) is 55.7 Å². The Labute approximate surface area is 855 Å². The molecule has 0 bridgehead atoms. The van der Waals surface area contributed by atoms with E-state index in [1.807, 2.05) is 128 Å². The molecule has 0 unspecified atom stereocenters. The second kappa shape index (κ2) is 142. The molecule has 816 valence electrons. The number of amides is 8. The molecule has 16 heteroatoms. The topological polar surface area (TPSA) is 162 Å². The van der Waals surface area contributed by atoms with E-state index in [1.54, 1.807) is 33.7 Å². The highest BCUT2D eigenvalue weighted by molar-refractivity contribution is 5.78. The molecule has 0 aliphatic heterocycles. The van der Waals surface area contributed by atoms with E-state index >= 15 is 0 Å². The fourth-order valence-electron chi connectivity index (χ4n) is 13.5. The highest BCUT2D eigenvalue weighted by Crippen LogP contribution is 2.16. The smallest absolute Gasteiger partial charge is 0.222 e. The second-order valence-electron chi connectivity index (χ2n) is 34.6. The molecule has 8 amide bonds. The SMILES string of the molecule is C.C.C.C.C.C.C.C.C=CCCCCCC(=O)N(C)C.C=CCCCCCC(=O)N(CC)CC.C=CCCCCCCCC(=O)N(C)C.C=CCCCCCCCC(=O)N(CC)CC.CC/C=C/CCCCCCCC(=O)N(C)C.CC/C=C/CCCCCCCC(=O)N(CC)CC.CCCC/C=C/CCCCCCCC(=O)N(C)C.CCCC/C=C/CCCCCCCC(=O)N(CC)CC. The summed E-state index contributed by atoms with van der Waals surface area (Å²) in [6, 6.07) is 0. The zero-order valence-electron chi connectivity index (χ0n) is 88.7. The van der Waals surface area contributed by atoms with Crippen molar-refractivity contribution in [1.82, 2.24) is 39.2 Å². The number of carbonyl (C=O) groups is 8. The van der Waals surface area contributed by atoms with E-state index in [1.165, 1.54) is 218 Å². The van der Waals surface area contributed by atoms with Gasteiger partial charge in [-0.15, -0.1) is 26.3 Å². The Morgan fingerprint density at radius 3 is 0.434 bits per heavy atom. The lowest BCUT2D eigenvalue weighted by Gasteiger charge is -2.18. The average molecular weight is 1930 g/mol. The van der Waals surface area contributed by atoms with E-state index in [2.05, 4.69) is 116 Å². The minimum atomic E-state index is 0. The van der Waals surface area contributed by atoms with Crippen molar-refractivity contribution in [3.05, 3.63) is 99.2 Å². The van der Waals surface area contributed by atoms with Gasteiger partial charge in [-0.25, -0.2) is 0 Å². The van der Waals surface area contributed by atoms with Crippen LogP contribution in [0.1, 0.15) is 528 Å². The van der Waals surface area contributed by atoms with Gasteiger partial charge in [0.2, 0.25) is 47.3 Å². The summed E-state index contributed by atoms with van der Waals surface area (Å²) in [5.74, 6) is 2.26. The van der Waals surface area contributed by atoms with Crippen molar-refractivity contribution >= 4 is 47.3 Å². The molecule has 0 atom stereocenters. The molecule has 0 N–H and O–H groups in total. The van der Waals surface area contributed by atoms with Crippen molar-refractivity contribution in [2.45, 2.75) is 528 Å². The molecule has 0 spiro atoms. The molecule has 0 heterocycles. The summed E-state index contributed by atoms with van der Waals surface area (Å²) in [4.78, 5) is 106. The van der Waals surface area contributed by atoms with Gasteiger partial charge in [-0.2, -0.15) is 0 Å². The van der Waals surface area contributed by atoms with Gasteiger partial charge >= 0.3 is 0 Å². The van der Waals surface area contributed by atoms with Gasteiger partial charge < -0.3 is 39.2 Å². The molecule has 16 nitrogen and oxygen atoms in total. The highest BCUT2D eigenvalue weighted by Gasteiger charge is 2.13. The first-order chi connectivity index (χ1) is 61.7. The molecular formula is C120H248N8O8. The Balaban J connectivity index is -0.0000000860. The summed E-state index contributed by atoms with van der Waals surface area (Å²) in [5, 5.41) is 0. The maximum atomic E-state index is 11.8. The number of hydrogen-bond acceptors (Lipinski definition) is 8. The van der Waals surface area contributed by atoms with Gasteiger partial charge in [-0.1, -0.05) is 314 Å². The molecule has 0 rings (SSSR count). The zero-order valence-corrected chi connectivity index (χ0v) is 88.7. The zero-order chi connectivity index (χ0) is 97.8. The summed E-state index contributed by atoms with van der Waals surface area (Å²) in [6.07, 6.45) is 94.1. The van der Waals surface area contributed by atoms with Crippen LogP contribution in [-0.2, 0) is 38.4 Å². The van der Waals surface area contributed by atoms with Crippen LogP contribution in [0.5, 0.6) is 0 Å². The van der Waals surface area contributed by atoms with Crippen LogP contribution in [0.2, 0.25) is 0 Å². The van der Waals surface area contributed by atoms with E-state index in [0.717, 1.165) is 187 Å². The first-order valence-electron chi connectivity index (χ1n) is 52.7. The summed E-state index contributed by atoms with van der Waals surface area (Å²) < 4.78 is 0. The Hall–Kier alpha value is -6.32. The van der Waals surface area contributed by atoms with Crippen molar-refractivity contribution in [1.29, 1.82) is 0 Å². The molecule has 0 aromatic carbocycles. The number of unbranched alkanes of at least 4 members (excludes halogenated alkanes) is 40. The maximum Gasteiger partial charge on any atom is 0.222 e. The van der Waals surface area contributed by atoms with Crippen LogP contribution in [0.25, 0.3) is 0 Å². The van der Waals surface area contributed by atoms with Crippen LogP contribution in [0, 0.1) is 0 Å². The summed E-state index contributed by atoms with van der Waals surface area (Å²) in [7, 11) is 14.5. The number of carbonyl (C=O) groups excluding carboxylic acids is 8. The van der Waals surface area contributed by atoms with Crippen molar-refractivity contribution in [2.24, 2.45) is 0 Å². The third-order valence-corrected chi connectivity index (χ3v) is 22.3. The lowest BCUT2D eigenvalue weighted by atomic mass is 10.1. The number of rotatable bonds is 76. The molecule has 0 saturated carbocycles. The number of hydrogen-bond donors (Lipinski definition) is 0. The van der Waals surface area contributed by atoms with Crippen LogP contribution in [-0.4, -0.2) is 195 Å². The van der Waals surface area contributed by atoms with Crippen LogP contribution in [0.4, 0.5) is 0 Å². The monoisotopic (exact) mass is 1930 g/mol. The first-order valence-corrected chi connectivity index (χ1v) is 52.7. The summed E-state index contributed by atoms with van der Waals surface area (Å²) >= 11 is 0. The van der Waals surface area contributed by atoms with Gasteiger partial charge in [0.05, 0.1) is 0 Å². The van der Waals surface area contributed by atoms with E-state index in [9.17, 15) is 38.4 Å².